The van der Waals surface area contributed by atoms with E-state index in [1.165, 1.54) is 17.1 Å². The lowest BCUT2D eigenvalue weighted by Gasteiger charge is -2.31. The number of piperidine rings is 1. The Kier molecular flexibility index (Phi) is 7.82. The Morgan fingerprint density at radius 2 is 2.03 bits per heavy atom. The van der Waals surface area contributed by atoms with Crippen molar-refractivity contribution in [3.05, 3.63) is 24.1 Å². The predicted molar refractivity (Wildman–Crippen MR) is 124 cm³/mol. The number of thioether (sulfide) groups is 1. The number of nitrogens with one attached hydrogen (secondary N) is 1. The van der Waals surface area contributed by atoms with Crippen LogP contribution in [-0.2, 0) is 9.53 Å². The highest BCUT2D eigenvalue weighted by Crippen LogP contribution is 2.33. The van der Waals surface area contributed by atoms with Crippen molar-refractivity contribution in [1.29, 1.82) is 0 Å². The maximum Gasteiger partial charge on any atom is 0.228 e. The van der Waals surface area contributed by atoms with Gasteiger partial charge >= 0.3 is 0 Å². The Morgan fingerprint density at radius 1 is 1.31 bits per heavy atom. The van der Waals surface area contributed by atoms with Gasteiger partial charge in [-0.15, -0.1) is 23.1 Å². The lowest BCUT2D eigenvalue weighted by atomic mass is 9.94. The minimum atomic E-state index is -0.0470. The molecule has 0 aromatic carbocycles. The molecule has 160 valence electrons. The Bertz CT molecular complexity index is 739. The van der Waals surface area contributed by atoms with E-state index < -0.39 is 0 Å². The number of methoxy groups -OCH3 is 1. The number of hydrogen-bond donors (Lipinski definition) is 1. The van der Waals surface area contributed by atoms with Crippen molar-refractivity contribution in [1.82, 2.24) is 4.90 Å². The van der Waals surface area contributed by atoms with Gasteiger partial charge in [0.05, 0.1) is 22.5 Å². The van der Waals surface area contributed by atoms with Crippen LogP contribution in [0.4, 0.5) is 5.00 Å². The molecule has 5 nitrogen and oxygen atoms in total. The van der Waals surface area contributed by atoms with E-state index in [4.69, 9.17) is 4.74 Å². The quantitative estimate of drug-likeness (QED) is 0.344. The molecule has 2 aliphatic rings. The summed E-state index contributed by atoms with van der Waals surface area (Å²) in [5.41, 5.74) is -0.0470. The van der Waals surface area contributed by atoms with Crippen LogP contribution in [0, 0.1) is 11.3 Å². The van der Waals surface area contributed by atoms with E-state index in [-0.39, 0.29) is 17.2 Å². The normalized spacial score (nSPS) is 19.7. The van der Waals surface area contributed by atoms with E-state index in [9.17, 15) is 4.79 Å². The zero-order chi connectivity index (χ0) is 20.9. The van der Waals surface area contributed by atoms with Gasteiger partial charge in [0.25, 0.3) is 0 Å². The van der Waals surface area contributed by atoms with E-state index in [0.29, 0.717) is 0 Å². The molecule has 1 aliphatic carbocycles. The highest BCUT2D eigenvalue weighted by Gasteiger charge is 2.33. The Hall–Kier alpha value is -1.31. The van der Waals surface area contributed by atoms with Crippen molar-refractivity contribution in [2.24, 2.45) is 16.3 Å². The van der Waals surface area contributed by atoms with Gasteiger partial charge < -0.3 is 15.0 Å². The highest BCUT2D eigenvalue weighted by molar-refractivity contribution is 8.01. The van der Waals surface area contributed by atoms with Crippen molar-refractivity contribution in [3.8, 4) is 0 Å². The molecule has 1 N–H and O–H groups in total. The molecule has 0 atom stereocenters. The topological polar surface area (TPSA) is 53.9 Å². The number of amides is 1. The molecule has 3 rings (SSSR count). The standard InChI is InChI=1S/C22H33N3O2S2/c1-22(2,3)18(27-4)15-23-11-14-28-20-8-7-19(29-20)24-21(26)16-9-12-25(13-10-16)17-5-6-17/h7-8,11,15-17H,5-6,9-10,12-14H2,1-4H3,(H,24,26)/b18-15-,23-11?. The second-order valence-electron chi connectivity index (χ2n) is 8.74. The average molecular weight is 436 g/mol. The molecule has 1 amide bonds. The van der Waals surface area contributed by atoms with Crippen LogP contribution in [0.3, 0.4) is 0 Å². The van der Waals surface area contributed by atoms with Gasteiger partial charge in [-0.05, 0) is 50.9 Å². The number of likely N-dealkylation sites (tertiary alicyclic amines) is 1. The van der Waals surface area contributed by atoms with E-state index in [2.05, 4.69) is 42.0 Å². The number of hydrogen-bond acceptors (Lipinski definition) is 6. The molecule has 2 heterocycles. The van der Waals surface area contributed by atoms with Gasteiger partial charge in [0.15, 0.2) is 0 Å². The second-order valence-corrected chi connectivity index (χ2v) is 11.1. The van der Waals surface area contributed by atoms with Gasteiger partial charge in [0.2, 0.25) is 5.91 Å². The Labute approximate surface area is 183 Å². The summed E-state index contributed by atoms with van der Waals surface area (Å²) in [6.07, 6.45) is 8.33. The van der Waals surface area contributed by atoms with Gasteiger partial charge in [-0.1, -0.05) is 20.8 Å². The van der Waals surface area contributed by atoms with Crippen LogP contribution < -0.4 is 5.32 Å². The average Bonchev–Trinajstić information content (AvgIpc) is 3.44. The summed E-state index contributed by atoms with van der Waals surface area (Å²) in [6, 6.07) is 4.88. The first-order chi connectivity index (χ1) is 13.9. The summed E-state index contributed by atoms with van der Waals surface area (Å²) in [5.74, 6) is 1.98. The SMILES string of the molecule is CO/C(=C\N=CCSc1ccc(NC(=O)C2CCN(C3CC3)CC2)s1)C(C)(C)C. The fraction of sp³-hybridized carbons (Fsp3) is 0.636. The summed E-state index contributed by atoms with van der Waals surface area (Å²) >= 11 is 3.35. The van der Waals surface area contributed by atoms with Crippen LogP contribution in [0.15, 0.2) is 33.3 Å². The van der Waals surface area contributed by atoms with Gasteiger partial charge in [-0.25, -0.2) is 0 Å². The lowest BCUT2D eigenvalue weighted by molar-refractivity contribution is -0.121. The molecule has 1 aromatic rings. The second kappa shape index (κ2) is 10.1. The van der Waals surface area contributed by atoms with E-state index in [1.807, 2.05) is 12.3 Å². The fourth-order valence-corrected chi connectivity index (χ4v) is 5.33. The van der Waals surface area contributed by atoms with E-state index >= 15 is 0 Å². The third kappa shape index (κ3) is 6.86. The van der Waals surface area contributed by atoms with Gasteiger partial charge in [0.1, 0.15) is 5.76 Å². The minimum Gasteiger partial charge on any atom is -0.499 e. The zero-order valence-corrected chi connectivity index (χ0v) is 19.6. The predicted octanol–water partition coefficient (Wildman–Crippen LogP) is 5.26. The molecular weight excluding hydrogens is 402 g/mol. The summed E-state index contributed by atoms with van der Waals surface area (Å²) in [5, 5.41) is 4.06. The number of ether oxygens (including phenoxy) is 1. The van der Waals surface area contributed by atoms with E-state index in [0.717, 1.165) is 48.5 Å². The maximum absolute atomic E-state index is 12.6. The van der Waals surface area contributed by atoms with Crippen LogP contribution in [0.1, 0.15) is 46.5 Å². The Morgan fingerprint density at radius 3 is 2.66 bits per heavy atom. The molecule has 7 heteroatoms. The van der Waals surface area contributed by atoms with Crippen LogP contribution in [0.5, 0.6) is 0 Å². The molecule has 1 aromatic heterocycles. The lowest BCUT2D eigenvalue weighted by Crippen LogP contribution is -2.39. The molecule has 0 radical (unpaired) electrons. The molecule has 1 aliphatic heterocycles. The van der Waals surface area contributed by atoms with Gasteiger partial charge in [-0.3, -0.25) is 9.79 Å². The summed E-state index contributed by atoms with van der Waals surface area (Å²) in [4.78, 5) is 19.5. The highest BCUT2D eigenvalue weighted by atomic mass is 32.2. The number of carbonyl (C=O) groups excluding carboxylic acids is 1. The first-order valence-corrected chi connectivity index (χ1v) is 12.2. The minimum absolute atomic E-state index is 0.0470. The third-order valence-electron chi connectivity index (χ3n) is 5.35. The maximum atomic E-state index is 12.6. The van der Waals surface area contributed by atoms with E-state index in [1.54, 1.807) is 36.4 Å². The molecule has 1 saturated heterocycles. The number of aliphatic imine (C=N–C) groups is 1. The first kappa shape index (κ1) is 22.4. The van der Waals surface area contributed by atoms with Crippen molar-refractivity contribution >= 4 is 40.2 Å². The number of carbonyl (C=O) groups is 1. The molecular formula is C22H33N3O2S2. The van der Waals surface area contributed by atoms with Crippen molar-refractivity contribution < 1.29 is 9.53 Å². The zero-order valence-electron chi connectivity index (χ0n) is 17.9. The van der Waals surface area contributed by atoms with Crippen molar-refractivity contribution in [3.63, 3.8) is 0 Å². The number of thiophene rings is 1. The largest absolute Gasteiger partial charge is 0.499 e. The molecule has 0 spiro atoms. The molecule has 29 heavy (non-hydrogen) atoms. The Balaban J connectivity index is 1.40. The van der Waals surface area contributed by atoms with Gasteiger partial charge in [0, 0.05) is 29.3 Å². The summed E-state index contributed by atoms with van der Waals surface area (Å²) in [7, 11) is 1.68. The smallest absolute Gasteiger partial charge is 0.228 e. The van der Waals surface area contributed by atoms with Crippen LogP contribution >= 0.6 is 23.1 Å². The number of nitrogens with zero attached hydrogens (tertiary/aromatic N) is 2. The van der Waals surface area contributed by atoms with Crippen LogP contribution in [-0.4, -0.2) is 49.0 Å². The fourth-order valence-electron chi connectivity index (χ4n) is 3.49. The van der Waals surface area contributed by atoms with Gasteiger partial charge in [-0.2, -0.15) is 0 Å². The van der Waals surface area contributed by atoms with Crippen molar-refractivity contribution in [2.75, 3.05) is 31.3 Å². The number of rotatable bonds is 8. The monoisotopic (exact) mass is 435 g/mol. The first-order valence-electron chi connectivity index (χ1n) is 10.4. The number of allylic oxidation sites excluding steroid dienone is 1. The number of anilines is 1. The molecule has 1 saturated carbocycles. The van der Waals surface area contributed by atoms with Crippen LogP contribution in [0.2, 0.25) is 0 Å². The molecule has 2 fully saturated rings. The molecule has 0 bridgehead atoms. The van der Waals surface area contributed by atoms with Crippen molar-refractivity contribution in [2.45, 2.75) is 56.7 Å². The third-order valence-corrected chi connectivity index (χ3v) is 7.48. The summed E-state index contributed by atoms with van der Waals surface area (Å²) < 4.78 is 6.57. The van der Waals surface area contributed by atoms with Crippen LogP contribution in [0.25, 0.3) is 0 Å². The summed E-state index contributed by atoms with van der Waals surface area (Å²) in [6.45, 7) is 8.45. The molecule has 0 unspecified atom stereocenters.